The first-order valence-corrected chi connectivity index (χ1v) is 8.18. The summed E-state index contributed by atoms with van der Waals surface area (Å²) in [5, 5.41) is 12.1. The second-order valence-electron chi connectivity index (χ2n) is 5.55. The predicted octanol–water partition coefficient (Wildman–Crippen LogP) is 3.47. The highest BCUT2D eigenvalue weighted by Gasteiger charge is 2.43. The molecule has 1 atom stereocenters. The highest BCUT2D eigenvalue weighted by Crippen LogP contribution is 2.40. The molecule has 1 aromatic rings. The summed E-state index contributed by atoms with van der Waals surface area (Å²) in [7, 11) is 0. The summed E-state index contributed by atoms with van der Waals surface area (Å²) in [6.45, 7) is 6.17. The van der Waals surface area contributed by atoms with E-state index in [0.29, 0.717) is 6.54 Å². The first-order valence-electron chi connectivity index (χ1n) is 7.30. The largest absolute Gasteiger partial charge is 0.503 e. The Balaban J connectivity index is 2.44. The van der Waals surface area contributed by atoms with Gasteiger partial charge in [0.15, 0.2) is 11.5 Å². The van der Waals surface area contributed by atoms with Crippen molar-refractivity contribution in [2.24, 2.45) is 5.92 Å². The van der Waals surface area contributed by atoms with Gasteiger partial charge in [0, 0.05) is 17.3 Å². The zero-order chi connectivity index (χ0) is 15.6. The number of carbonyl (C=O) groups excluding carboxylic acids is 2. The van der Waals surface area contributed by atoms with E-state index in [9.17, 15) is 14.7 Å². The maximum Gasteiger partial charge on any atom is 0.290 e. The Bertz CT molecular complexity index is 560. The molecule has 1 aliphatic heterocycles. The van der Waals surface area contributed by atoms with Gasteiger partial charge in [-0.2, -0.15) is 0 Å². The molecule has 1 amide bonds. The number of aliphatic hydroxyl groups is 1. The van der Waals surface area contributed by atoms with Crippen LogP contribution in [-0.2, 0) is 9.59 Å². The molecule has 0 bridgehead atoms. The predicted molar refractivity (Wildman–Crippen MR) is 83.2 cm³/mol. The van der Waals surface area contributed by atoms with Gasteiger partial charge in [0.1, 0.15) is 0 Å². The third-order valence-electron chi connectivity index (χ3n) is 3.66. The fraction of sp³-hybridized carbons (Fsp3) is 0.500. The van der Waals surface area contributed by atoms with Crippen LogP contribution >= 0.6 is 11.3 Å². The standard InChI is InChI=1S/C16H21NO3S/c1-4-5-8-17-13(11-7-6-9-21-11)12(14(18)10(2)3)15(19)16(17)20/h6-7,9-10,13,19H,4-5,8H2,1-3H3. The van der Waals surface area contributed by atoms with Crippen molar-refractivity contribution in [2.45, 2.75) is 39.7 Å². The number of amides is 1. The van der Waals surface area contributed by atoms with Crippen LogP contribution in [0.3, 0.4) is 0 Å². The summed E-state index contributed by atoms with van der Waals surface area (Å²) in [6.07, 6.45) is 1.80. The molecule has 5 heteroatoms. The number of hydrogen-bond acceptors (Lipinski definition) is 4. The van der Waals surface area contributed by atoms with Crippen molar-refractivity contribution < 1.29 is 14.7 Å². The molecule has 0 saturated heterocycles. The lowest BCUT2D eigenvalue weighted by Gasteiger charge is -2.25. The third-order valence-corrected chi connectivity index (χ3v) is 4.58. The second kappa shape index (κ2) is 6.43. The number of unbranched alkanes of at least 4 members (excludes halogenated alkanes) is 1. The van der Waals surface area contributed by atoms with Gasteiger partial charge in [-0.05, 0) is 17.9 Å². The van der Waals surface area contributed by atoms with Crippen LogP contribution in [0.2, 0.25) is 0 Å². The summed E-state index contributed by atoms with van der Waals surface area (Å²) in [6, 6.07) is 3.38. The summed E-state index contributed by atoms with van der Waals surface area (Å²) in [5.74, 6) is -1.20. The number of aliphatic hydroxyl groups excluding tert-OH is 1. The Morgan fingerprint density at radius 2 is 2.19 bits per heavy atom. The van der Waals surface area contributed by atoms with Gasteiger partial charge in [-0.1, -0.05) is 33.3 Å². The molecule has 1 aromatic heterocycles. The van der Waals surface area contributed by atoms with Crippen LogP contribution in [-0.4, -0.2) is 28.2 Å². The fourth-order valence-corrected chi connectivity index (χ4v) is 3.36. The Hall–Kier alpha value is -1.62. The summed E-state index contributed by atoms with van der Waals surface area (Å²) in [4.78, 5) is 27.3. The fourth-order valence-electron chi connectivity index (χ4n) is 2.52. The maximum atomic E-state index is 12.4. The number of rotatable bonds is 6. The topological polar surface area (TPSA) is 57.6 Å². The molecule has 2 rings (SSSR count). The number of hydrogen-bond donors (Lipinski definition) is 1. The number of thiophene rings is 1. The minimum atomic E-state index is -0.432. The Morgan fingerprint density at radius 3 is 2.71 bits per heavy atom. The first kappa shape index (κ1) is 15.8. The molecular weight excluding hydrogens is 286 g/mol. The molecule has 21 heavy (non-hydrogen) atoms. The maximum absolute atomic E-state index is 12.4. The van der Waals surface area contributed by atoms with E-state index in [2.05, 4.69) is 0 Å². The molecule has 0 radical (unpaired) electrons. The van der Waals surface area contributed by atoms with E-state index >= 15 is 0 Å². The molecule has 1 aliphatic rings. The SMILES string of the molecule is CCCCN1C(=O)C(O)=C(C(=O)C(C)C)C1c1cccs1. The lowest BCUT2D eigenvalue weighted by atomic mass is 9.95. The average Bonchev–Trinajstić information content (AvgIpc) is 3.05. The molecule has 0 fully saturated rings. The van der Waals surface area contributed by atoms with E-state index in [1.165, 1.54) is 11.3 Å². The van der Waals surface area contributed by atoms with Crippen molar-refractivity contribution in [2.75, 3.05) is 6.54 Å². The van der Waals surface area contributed by atoms with Gasteiger partial charge in [-0.15, -0.1) is 11.3 Å². The highest BCUT2D eigenvalue weighted by molar-refractivity contribution is 7.10. The van der Waals surface area contributed by atoms with Crippen molar-refractivity contribution in [1.82, 2.24) is 4.90 Å². The molecule has 0 spiro atoms. The Morgan fingerprint density at radius 1 is 1.48 bits per heavy atom. The molecule has 1 unspecified atom stereocenters. The minimum Gasteiger partial charge on any atom is -0.503 e. The van der Waals surface area contributed by atoms with Crippen LogP contribution < -0.4 is 0 Å². The quantitative estimate of drug-likeness (QED) is 0.875. The molecule has 2 heterocycles. The van der Waals surface area contributed by atoms with Gasteiger partial charge in [-0.25, -0.2) is 0 Å². The van der Waals surface area contributed by atoms with Crippen molar-refractivity contribution >= 4 is 23.0 Å². The van der Waals surface area contributed by atoms with Crippen molar-refractivity contribution in [3.8, 4) is 0 Å². The monoisotopic (exact) mass is 307 g/mol. The zero-order valence-corrected chi connectivity index (χ0v) is 13.4. The van der Waals surface area contributed by atoms with E-state index in [1.54, 1.807) is 18.7 Å². The summed E-state index contributed by atoms with van der Waals surface area (Å²) >= 11 is 1.50. The van der Waals surface area contributed by atoms with Crippen LogP contribution in [0.25, 0.3) is 0 Å². The molecule has 0 saturated carbocycles. The van der Waals surface area contributed by atoms with E-state index in [1.807, 2.05) is 24.4 Å². The summed E-state index contributed by atoms with van der Waals surface area (Å²) in [5.41, 5.74) is 0.258. The van der Waals surface area contributed by atoms with Crippen LogP contribution in [0, 0.1) is 5.92 Å². The number of carbonyl (C=O) groups is 2. The van der Waals surface area contributed by atoms with E-state index in [4.69, 9.17) is 0 Å². The Kier molecular flexibility index (Phi) is 4.83. The van der Waals surface area contributed by atoms with Gasteiger partial charge in [0.25, 0.3) is 5.91 Å². The van der Waals surface area contributed by atoms with E-state index < -0.39 is 11.9 Å². The lowest BCUT2D eigenvalue weighted by molar-refractivity contribution is -0.129. The second-order valence-corrected chi connectivity index (χ2v) is 6.53. The molecule has 1 N–H and O–H groups in total. The molecule has 114 valence electrons. The van der Waals surface area contributed by atoms with Gasteiger partial charge in [-0.3, -0.25) is 9.59 Å². The van der Waals surface area contributed by atoms with Crippen LogP contribution in [0.15, 0.2) is 28.8 Å². The minimum absolute atomic E-state index is 0.154. The van der Waals surface area contributed by atoms with Gasteiger partial charge >= 0.3 is 0 Å². The van der Waals surface area contributed by atoms with Crippen LogP contribution in [0.1, 0.15) is 44.5 Å². The van der Waals surface area contributed by atoms with Crippen molar-refractivity contribution in [1.29, 1.82) is 0 Å². The third kappa shape index (κ3) is 2.88. The molecule has 4 nitrogen and oxygen atoms in total. The molecule has 0 aliphatic carbocycles. The molecule has 0 aromatic carbocycles. The van der Waals surface area contributed by atoms with Gasteiger partial charge < -0.3 is 10.0 Å². The highest BCUT2D eigenvalue weighted by atomic mass is 32.1. The van der Waals surface area contributed by atoms with Crippen LogP contribution in [0.4, 0.5) is 0 Å². The smallest absolute Gasteiger partial charge is 0.290 e. The number of ketones is 1. The first-order chi connectivity index (χ1) is 9.99. The zero-order valence-electron chi connectivity index (χ0n) is 12.6. The van der Waals surface area contributed by atoms with Gasteiger partial charge in [0.05, 0.1) is 11.6 Å². The van der Waals surface area contributed by atoms with Crippen molar-refractivity contribution in [3.63, 3.8) is 0 Å². The summed E-state index contributed by atoms with van der Waals surface area (Å²) < 4.78 is 0. The van der Waals surface area contributed by atoms with Gasteiger partial charge in [0.2, 0.25) is 0 Å². The molecular formula is C16H21NO3S. The Labute approximate surface area is 129 Å². The van der Waals surface area contributed by atoms with E-state index in [-0.39, 0.29) is 23.0 Å². The van der Waals surface area contributed by atoms with E-state index in [0.717, 1.165) is 17.7 Å². The average molecular weight is 307 g/mol. The number of Topliss-reactive ketones (excluding diaryl/α,β-unsaturated/α-hetero) is 1. The van der Waals surface area contributed by atoms with Crippen LogP contribution in [0.5, 0.6) is 0 Å². The normalized spacial score (nSPS) is 19.0. The number of nitrogens with zero attached hydrogens (tertiary/aromatic N) is 1. The lowest BCUT2D eigenvalue weighted by Crippen LogP contribution is -2.32. The van der Waals surface area contributed by atoms with Crippen molar-refractivity contribution in [3.05, 3.63) is 33.7 Å².